The van der Waals surface area contributed by atoms with Gasteiger partial charge in [-0.2, -0.15) is 5.26 Å². The van der Waals surface area contributed by atoms with Gasteiger partial charge in [-0.15, -0.1) is 0 Å². The van der Waals surface area contributed by atoms with Crippen LogP contribution in [-0.2, 0) is 4.79 Å². The molecule has 0 unspecified atom stereocenters. The third kappa shape index (κ3) is 6.50. The molecule has 0 aromatic heterocycles. The first-order valence-corrected chi connectivity index (χ1v) is 5.12. The molecule has 0 atom stereocenters. The van der Waals surface area contributed by atoms with E-state index in [0.717, 1.165) is 18.4 Å². The molecule has 0 aliphatic carbocycles. The maximum Gasteiger partial charge on any atom is 0.346 e. The molecule has 0 aromatic rings. The van der Waals surface area contributed by atoms with Crippen molar-refractivity contribution in [2.24, 2.45) is 0 Å². The molecule has 0 heterocycles. The largest absolute Gasteiger partial charge is 0.477 e. The second-order valence-corrected chi connectivity index (χ2v) is 3.47. The lowest BCUT2D eigenvalue weighted by Crippen LogP contribution is -1.96. The van der Waals surface area contributed by atoms with Crippen molar-refractivity contribution in [3.8, 4) is 6.07 Å². The van der Waals surface area contributed by atoms with Crippen molar-refractivity contribution >= 4 is 5.97 Å². The standard InChI is InChI=1S/C12H17NO2/c1-3-4-5-6-10(2)7-8-11(9-13)12(14)15/h7-8H,3-6H2,1-2H3,(H,14,15)/b10-7-,11-8+. The molecule has 1 N–H and O–H groups in total. The Morgan fingerprint density at radius 1 is 1.40 bits per heavy atom. The van der Waals surface area contributed by atoms with Crippen molar-refractivity contribution in [1.29, 1.82) is 5.26 Å². The Morgan fingerprint density at radius 2 is 2.07 bits per heavy atom. The quantitative estimate of drug-likeness (QED) is 0.315. The number of hydrogen-bond donors (Lipinski definition) is 1. The number of aliphatic carboxylic acids is 1. The molecule has 0 aliphatic rings. The molecule has 0 saturated heterocycles. The number of hydrogen-bond acceptors (Lipinski definition) is 2. The minimum absolute atomic E-state index is 0.218. The third-order valence-corrected chi connectivity index (χ3v) is 2.06. The zero-order valence-corrected chi connectivity index (χ0v) is 9.29. The molecule has 0 rings (SSSR count). The zero-order chi connectivity index (χ0) is 11.7. The molecule has 0 bridgehead atoms. The minimum atomic E-state index is -1.17. The molecule has 0 saturated carbocycles. The smallest absolute Gasteiger partial charge is 0.346 e. The highest BCUT2D eigenvalue weighted by molar-refractivity contribution is 5.91. The van der Waals surface area contributed by atoms with Crippen molar-refractivity contribution in [3.05, 3.63) is 23.3 Å². The topological polar surface area (TPSA) is 61.1 Å². The molecule has 3 nitrogen and oxygen atoms in total. The van der Waals surface area contributed by atoms with E-state index in [1.165, 1.54) is 18.9 Å². The number of carbonyl (C=O) groups is 1. The van der Waals surface area contributed by atoms with Crippen molar-refractivity contribution < 1.29 is 9.90 Å². The van der Waals surface area contributed by atoms with Crippen LogP contribution >= 0.6 is 0 Å². The molecule has 0 fully saturated rings. The van der Waals surface area contributed by atoms with Gasteiger partial charge in [0, 0.05) is 0 Å². The number of carboxylic acids is 1. The second kappa shape index (κ2) is 7.81. The minimum Gasteiger partial charge on any atom is -0.477 e. The van der Waals surface area contributed by atoms with Crippen LogP contribution in [0, 0.1) is 11.3 Å². The summed E-state index contributed by atoms with van der Waals surface area (Å²) in [4.78, 5) is 10.5. The first-order valence-electron chi connectivity index (χ1n) is 5.12. The van der Waals surface area contributed by atoms with Crippen molar-refractivity contribution in [3.63, 3.8) is 0 Å². The summed E-state index contributed by atoms with van der Waals surface area (Å²) in [5, 5.41) is 17.1. The Bertz CT molecular complexity index is 308. The lowest BCUT2D eigenvalue weighted by atomic mass is 10.1. The van der Waals surface area contributed by atoms with Crippen molar-refractivity contribution in [1.82, 2.24) is 0 Å². The molecule has 0 radical (unpaired) electrons. The van der Waals surface area contributed by atoms with Crippen LogP contribution in [0.3, 0.4) is 0 Å². The first kappa shape index (κ1) is 13.4. The van der Waals surface area contributed by atoms with E-state index < -0.39 is 5.97 Å². The number of nitriles is 1. The van der Waals surface area contributed by atoms with Crippen LogP contribution in [0.15, 0.2) is 23.3 Å². The molecule has 0 spiro atoms. The van der Waals surface area contributed by atoms with E-state index in [9.17, 15) is 4.79 Å². The molecule has 15 heavy (non-hydrogen) atoms. The van der Waals surface area contributed by atoms with Gasteiger partial charge < -0.3 is 5.11 Å². The number of nitrogens with zero attached hydrogens (tertiary/aromatic N) is 1. The molecule has 0 amide bonds. The Balaban J connectivity index is 4.24. The van der Waals surface area contributed by atoms with E-state index in [-0.39, 0.29) is 5.57 Å². The van der Waals surface area contributed by atoms with Crippen LogP contribution in [0.2, 0.25) is 0 Å². The Kier molecular flexibility index (Phi) is 7.00. The summed E-state index contributed by atoms with van der Waals surface area (Å²) in [5.41, 5.74) is 0.891. The fourth-order valence-electron chi connectivity index (χ4n) is 1.12. The van der Waals surface area contributed by atoms with E-state index in [4.69, 9.17) is 10.4 Å². The second-order valence-electron chi connectivity index (χ2n) is 3.47. The fraction of sp³-hybridized carbons (Fsp3) is 0.500. The average molecular weight is 207 g/mol. The van der Waals surface area contributed by atoms with Crippen LogP contribution in [0.1, 0.15) is 39.5 Å². The van der Waals surface area contributed by atoms with E-state index in [2.05, 4.69) is 6.92 Å². The van der Waals surface area contributed by atoms with Gasteiger partial charge >= 0.3 is 5.97 Å². The van der Waals surface area contributed by atoms with E-state index in [0.29, 0.717) is 0 Å². The lowest BCUT2D eigenvalue weighted by Gasteiger charge is -1.98. The fourth-order valence-corrected chi connectivity index (χ4v) is 1.12. The van der Waals surface area contributed by atoms with Crippen LogP contribution in [-0.4, -0.2) is 11.1 Å². The number of carboxylic acid groups (broad SMARTS) is 1. The van der Waals surface area contributed by atoms with Gasteiger partial charge in [-0.3, -0.25) is 0 Å². The summed E-state index contributed by atoms with van der Waals surface area (Å²) in [5.74, 6) is -1.17. The molecular formula is C12H17NO2. The van der Waals surface area contributed by atoms with Gasteiger partial charge in [-0.1, -0.05) is 31.4 Å². The van der Waals surface area contributed by atoms with Crippen molar-refractivity contribution in [2.75, 3.05) is 0 Å². The summed E-state index contributed by atoms with van der Waals surface area (Å²) < 4.78 is 0. The Morgan fingerprint density at radius 3 is 2.53 bits per heavy atom. The maximum absolute atomic E-state index is 10.5. The van der Waals surface area contributed by atoms with Gasteiger partial charge in [0.2, 0.25) is 0 Å². The summed E-state index contributed by atoms with van der Waals surface area (Å²) in [6, 6.07) is 1.64. The van der Waals surface area contributed by atoms with Gasteiger partial charge in [0.05, 0.1) is 0 Å². The highest BCUT2D eigenvalue weighted by atomic mass is 16.4. The van der Waals surface area contributed by atoms with Gasteiger partial charge in [0.1, 0.15) is 11.6 Å². The van der Waals surface area contributed by atoms with Crippen LogP contribution in [0.5, 0.6) is 0 Å². The SMILES string of the molecule is CCCCC/C(C)=C\C=C(/C#N)C(=O)O. The summed E-state index contributed by atoms with van der Waals surface area (Å²) in [7, 11) is 0. The van der Waals surface area contributed by atoms with Gasteiger partial charge in [0.25, 0.3) is 0 Å². The molecule has 0 aliphatic heterocycles. The van der Waals surface area contributed by atoms with Gasteiger partial charge in [0.15, 0.2) is 0 Å². The lowest BCUT2D eigenvalue weighted by molar-refractivity contribution is -0.132. The van der Waals surface area contributed by atoms with Crippen LogP contribution in [0.25, 0.3) is 0 Å². The Hall–Kier alpha value is -1.56. The molecule has 0 aromatic carbocycles. The number of rotatable bonds is 6. The van der Waals surface area contributed by atoms with Crippen molar-refractivity contribution in [2.45, 2.75) is 39.5 Å². The maximum atomic E-state index is 10.5. The number of allylic oxidation sites excluding steroid dienone is 3. The summed E-state index contributed by atoms with van der Waals surface area (Å²) in [6.07, 6.45) is 7.50. The number of unbranched alkanes of at least 4 members (excludes halogenated alkanes) is 2. The van der Waals surface area contributed by atoms with E-state index in [1.807, 2.05) is 6.92 Å². The summed E-state index contributed by atoms with van der Waals surface area (Å²) >= 11 is 0. The normalized spacial score (nSPS) is 12.3. The summed E-state index contributed by atoms with van der Waals surface area (Å²) in [6.45, 7) is 4.08. The highest BCUT2D eigenvalue weighted by Crippen LogP contribution is 2.08. The first-order chi connectivity index (χ1) is 7.11. The zero-order valence-electron chi connectivity index (χ0n) is 9.29. The predicted octanol–water partition coefficient (Wildman–Crippen LogP) is 3.05. The average Bonchev–Trinajstić information content (AvgIpc) is 2.18. The molecule has 82 valence electrons. The van der Waals surface area contributed by atoms with Gasteiger partial charge in [-0.25, -0.2) is 4.79 Å². The highest BCUT2D eigenvalue weighted by Gasteiger charge is 2.02. The monoisotopic (exact) mass is 207 g/mol. The predicted molar refractivity (Wildman–Crippen MR) is 59.2 cm³/mol. The van der Waals surface area contributed by atoms with E-state index in [1.54, 1.807) is 12.1 Å². The third-order valence-electron chi connectivity index (χ3n) is 2.06. The van der Waals surface area contributed by atoms with Crippen LogP contribution < -0.4 is 0 Å². The van der Waals surface area contributed by atoms with Crippen LogP contribution in [0.4, 0.5) is 0 Å². The molecular weight excluding hydrogens is 190 g/mol. The molecule has 3 heteroatoms. The van der Waals surface area contributed by atoms with E-state index >= 15 is 0 Å². The van der Waals surface area contributed by atoms with Gasteiger partial charge in [-0.05, 0) is 25.8 Å². The Labute approximate surface area is 90.7 Å².